The van der Waals surface area contributed by atoms with Crippen molar-refractivity contribution in [2.45, 2.75) is 6.92 Å². The molecule has 2 aromatic carbocycles. The molecule has 0 atom stereocenters. The van der Waals surface area contributed by atoms with Gasteiger partial charge in [-0.2, -0.15) is 0 Å². The molecule has 0 spiro atoms. The Morgan fingerprint density at radius 1 is 1.31 bits per heavy atom. The summed E-state index contributed by atoms with van der Waals surface area (Å²) in [6, 6.07) is 9.55. The molecule has 3 rings (SSSR count). The molecule has 0 aliphatic carbocycles. The minimum atomic E-state index is -0.600. The molecule has 3 aromatic rings. The van der Waals surface area contributed by atoms with Crippen LogP contribution in [0.15, 0.2) is 42.5 Å². The zero-order chi connectivity index (χ0) is 18.8. The highest BCUT2D eigenvalue weighted by Crippen LogP contribution is 2.21. The molecule has 0 radical (unpaired) electrons. The lowest BCUT2D eigenvalue weighted by molar-refractivity contribution is -0.384. The van der Waals surface area contributed by atoms with E-state index in [1.165, 1.54) is 35.0 Å². The first-order valence-electron chi connectivity index (χ1n) is 7.30. The molecule has 10 heteroatoms. The maximum absolute atomic E-state index is 13.2. The van der Waals surface area contributed by atoms with Crippen molar-refractivity contribution in [3.63, 3.8) is 0 Å². The van der Waals surface area contributed by atoms with Crippen molar-refractivity contribution in [2.75, 3.05) is 5.32 Å². The highest BCUT2D eigenvalue weighted by Gasteiger charge is 2.19. The summed E-state index contributed by atoms with van der Waals surface area (Å²) in [6.07, 6.45) is 0. The van der Waals surface area contributed by atoms with Crippen molar-refractivity contribution < 1.29 is 14.1 Å². The van der Waals surface area contributed by atoms with Gasteiger partial charge in [0.25, 0.3) is 11.6 Å². The summed E-state index contributed by atoms with van der Waals surface area (Å²) in [7, 11) is 0. The molecule has 1 aromatic heterocycles. The normalized spacial score (nSPS) is 10.6. The smallest absolute Gasteiger partial charge is 0.278 e. The van der Waals surface area contributed by atoms with Gasteiger partial charge in [-0.25, -0.2) is 9.07 Å². The molecule has 0 fully saturated rings. The van der Waals surface area contributed by atoms with Gasteiger partial charge in [0.2, 0.25) is 0 Å². The van der Waals surface area contributed by atoms with Crippen LogP contribution in [0.5, 0.6) is 0 Å². The second-order valence-electron chi connectivity index (χ2n) is 5.30. The third-order valence-electron chi connectivity index (χ3n) is 3.57. The first-order valence-corrected chi connectivity index (χ1v) is 7.68. The summed E-state index contributed by atoms with van der Waals surface area (Å²) in [5.41, 5.74) is 0.997. The minimum Gasteiger partial charge on any atom is -0.320 e. The maximum atomic E-state index is 13.2. The number of rotatable bonds is 4. The van der Waals surface area contributed by atoms with E-state index in [2.05, 4.69) is 15.6 Å². The SMILES string of the molecule is Cc1c(C(=O)Nc2ccc(F)c(Cl)c2)nnn1-c1cccc([N+](=O)[O-])c1. The number of amides is 1. The Balaban J connectivity index is 1.88. The average molecular weight is 376 g/mol. The molecule has 1 N–H and O–H groups in total. The van der Waals surface area contributed by atoms with Crippen LogP contribution in [-0.2, 0) is 0 Å². The monoisotopic (exact) mass is 375 g/mol. The predicted molar refractivity (Wildman–Crippen MR) is 92.1 cm³/mol. The van der Waals surface area contributed by atoms with Gasteiger partial charge >= 0.3 is 0 Å². The highest BCUT2D eigenvalue weighted by atomic mass is 35.5. The van der Waals surface area contributed by atoms with E-state index in [-0.39, 0.29) is 16.4 Å². The third kappa shape index (κ3) is 3.38. The largest absolute Gasteiger partial charge is 0.320 e. The standard InChI is InChI=1S/C16H11ClFN5O3/c1-9-15(16(24)19-10-5-6-14(18)13(17)7-10)20-21-22(9)11-3-2-4-12(8-11)23(25)26/h2-8H,1H3,(H,19,24). The van der Waals surface area contributed by atoms with Crippen LogP contribution in [0.25, 0.3) is 5.69 Å². The van der Waals surface area contributed by atoms with Gasteiger partial charge in [-0.15, -0.1) is 5.10 Å². The zero-order valence-electron chi connectivity index (χ0n) is 13.3. The van der Waals surface area contributed by atoms with Crippen LogP contribution in [-0.4, -0.2) is 25.8 Å². The fourth-order valence-corrected chi connectivity index (χ4v) is 2.47. The van der Waals surface area contributed by atoms with Crippen molar-refractivity contribution in [3.8, 4) is 5.69 Å². The summed E-state index contributed by atoms with van der Waals surface area (Å²) in [4.78, 5) is 22.7. The van der Waals surface area contributed by atoms with E-state index >= 15 is 0 Å². The number of carbonyl (C=O) groups excluding carboxylic acids is 1. The maximum Gasteiger partial charge on any atom is 0.278 e. The van der Waals surface area contributed by atoms with E-state index in [0.29, 0.717) is 17.1 Å². The summed E-state index contributed by atoms with van der Waals surface area (Å²) in [6.45, 7) is 1.60. The summed E-state index contributed by atoms with van der Waals surface area (Å²) in [5, 5.41) is 21.0. The van der Waals surface area contributed by atoms with Crippen LogP contribution in [0.4, 0.5) is 15.8 Å². The molecule has 1 amide bonds. The fraction of sp³-hybridized carbons (Fsp3) is 0.0625. The van der Waals surface area contributed by atoms with Crippen molar-refractivity contribution in [1.82, 2.24) is 15.0 Å². The number of carbonyl (C=O) groups is 1. The second kappa shape index (κ2) is 6.89. The number of non-ortho nitro benzene ring substituents is 1. The number of halogens is 2. The number of hydrogen-bond donors (Lipinski definition) is 1. The molecule has 0 saturated carbocycles. The van der Waals surface area contributed by atoms with Crippen molar-refractivity contribution >= 4 is 28.9 Å². The van der Waals surface area contributed by atoms with Gasteiger partial charge in [0, 0.05) is 17.8 Å². The van der Waals surface area contributed by atoms with Gasteiger partial charge in [0.1, 0.15) is 5.82 Å². The molecular formula is C16H11ClFN5O3. The van der Waals surface area contributed by atoms with Crippen LogP contribution in [0.3, 0.4) is 0 Å². The number of benzene rings is 2. The van der Waals surface area contributed by atoms with Crippen molar-refractivity contribution in [1.29, 1.82) is 0 Å². The Morgan fingerprint density at radius 3 is 2.77 bits per heavy atom. The molecule has 0 unspecified atom stereocenters. The van der Waals surface area contributed by atoms with Crippen LogP contribution in [0.2, 0.25) is 5.02 Å². The van der Waals surface area contributed by atoms with Crippen molar-refractivity contribution in [3.05, 3.63) is 74.8 Å². The third-order valence-corrected chi connectivity index (χ3v) is 3.86. The quantitative estimate of drug-likeness (QED) is 0.555. The number of anilines is 1. The highest BCUT2D eigenvalue weighted by molar-refractivity contribution is 6.31. The lowest BCUT2D eigenvalue weighted by atomic mass is 10.2. The van der Waals surface area contributed by atoms with Gasteiger partial charge in [-0.1, -0.05) is 22.9 Å². The summed E-state index contributed by atoms with van der Waals surface area (Å²) < 4.78 is 14.5. The zero-order valence-corrected chi connectivity index (χ0v) is 14.1. The van der Waals surface area contributed by atoms with E-state index in [1.807, 2.05) is 0 Å². The van der Waals surface area contributed by atoms with E-state index in [4.69, 9.17) is 11.6 Å². The van der Waals surface area contributed by atoms with Crippen LogP contribution in [0, 0.1) is 22.9 Å². The number of nitrogens with one attached hydrogen (secondary N) is 1. The summed E-state index contributed by atoms with van der Waals surface area (Å²) >= 11 is 5.69. The van der Waals surface area contributed by atoms with E-state index in [0.717, 1.165) is 6.07 Å². The number of nitro groups is 1. The van der Waals surface area contributed by atoms with Gasteiger partial charge in [-0.3, -0.25) is 14.9 Å². The lowest BCUT2D eigenvalue weighted by Crippen LogP contribution is -2.14. The Labute approximate surface area is 151 Å². The first kappa shape index (κ1) is 17.5. The topological polar surface area (TPSA) is 103 Å². The second-order valence-corrected chi connectivity index (χ2v) is 5.70. The van der Waals surface area contributed by atoms with E-state index < -0.39 is 16.6 Å². The van der Waals surface area contributed by atoms with Gasteiger partial charge < -0.3 is 5.32 Å². The van der Waals surface area contributed by atoms with Crippen LogP contribution < -0.4 is 5.32 Å². The lowest BCUT2D eigenvalue weighted by Gasteiger charge is -2.06. The number of hydrogen-bond acceptors (Lipinski definition) is 5. The molecule has 0 aliphatic rings. The fourth-order valence-electron chi connectivity index (χ4n) is 2.29. The van der Waals surface area contributed by atoms with Gasteiger partial charge in [-0.05, 0) is 31.2 Å². The Hall–Kier alpha value is -3.33. The van der Waals surface area contributed by atoms with Crippen LogP contribution >= 0.6 is 11.6 Å². The molecule has 0 aliphatic heterocycles. The molecular weight excluding hydrogens is 365 g/mol. The molecule has 0 saturated heterocycles. The van der Waals surface area contributed by atoms with Gasteiger partial charge in [0.05, 0.1) is 21.3 Å². The predicted octanol–water partition coefficient (Wildman–Crippen LogP) is 3.53. The number of nitro benzene ring substituents is 1. The van der Waals surface area contributed by atoms with Gasteiger partial charge in [0.15, 0.2) is 5.69 Å². The molecule has 132 valence electrons. The van der Waals surface area contributed by atoms with E-state index in [1.54, 1.807) is 13.0 Å². The Kier molecular flexibility index (Phi) is 4.63. The van der Waals surface area contributed by atoms with E-state index in [9.17, 15) is 19.3 Å². The Morgan fingerprint density at radius 2 is 2.08 bits per heavy atom. The Bertz CT molecular complexity index is 1020. The average Bonchev–Trinajstić information content (AvgIpc) is 3.00. The minimum absolute atomic E-state index is 0.0250. The van der Waals surface area contributed by atoms with Crippen LogP contribution in [0.1, 0.15) is 16.2 Å². The molecule has 1 heterocycles. The molecule has 26 heavy (non-hydrogen) atoms. The summed E-state index contributed by atoms with van der Waals surface area (Å²) in [5.74, 6) is -1.17. The number of nitrogens with zero attached hydrogens (tertiary/aromatic N) is 4. The molecule has 8 nitrogen and oxygen atoms in total. The first-order chi connectivity index (χ1) is 12.4. The van der Waals surface area contributed by atoms with Crippen molar-refractivity contribution in [2.24, 2.45) is 0 Å². The number of aromatic nitrogens is 3. The molecule has 0 bridgehead atoms.